The fourth-order valence-electron chi connectivity index (χ4n) is 2.93. The lowest BCUT2D eigenvalue weighted by atomic mass is 9.75. The molecule has 140 valence electrons. The lowest BCUT2D eigenvalue weighted by molar-refractivity contribution is -0.160. The maximum absolute atomic E-state index is 12.1. The third kappa shape index (κ3) is 3.99. The van der Waals surface area contributed by atoms with Gasteiger partial charge in [0.05, 0.1) is 26.8 Å². The Balaban J connectivity index is 2.07. The number of hydrogen-bond donors (Lipinski definition) is 2. The van der Waals surface area contributed by atoms with Crippen LogP contribution in [0.15, 0.2) is 58.9 Å². The van der Waals surface area contributed by atoms with Gasteiger partial charge >= 0.3 is 11.9 Å². The van der Waals surface area contributed by atoms with Crippen molar-refractivity contribution in [2.45, 2.75) is 23.4 Å². The Labute approximate surface area is 165 Å². The van der Waals surface area contributed by atoms with Crippen molar-refractivity contribution >= 4 is 45.3 Å². The quantitative estimate of drug-likeness (QED) is 0.545. The van der Waals surface area contributed by atoms with Gasteiger partial charge in [-0.2, -0.15) is 0 Å². The van der Waals surface area contributed by atoms with E-state index in [9.17, 15) is 19.8 Å². The summed E-state index contributed by atoms with van der Waals surface area (Å²) in [5.41, 5.74) is 0.167. The fraction of sp³-hybridized carbons (Fsp3) is 0.250. The Morgan fingerprint density at radius 3 is 2.26 bits per heavy atom. The van der Waals surface area contributed by atoms with Gasteiger partial charge in [-0.15, -0.1) is 11.3 Å². The molecule has 7 heteroatoms. The number of carboxylic acids is 2. The first-order chi connectivity index (χ1) is 12.8. The van der Waals surface area contributed by atoms with Crippen LogP contribution < -0.4 is 0 Å². The number of hydrogen-bond acceptors (Lipinski definition) is 5. The van der Waals surface area contributed by atoms with Gasteiger partial charge in [0.25, 0.3) is 0 Å². The van der Waals surface area contributed by atoms with E-state index in [1.807, 2.05) is 54.6 Å². The topological polar surface area (TPSA) is 87.5 Å². The number of rotatable bonds is 7. The molecule has 3 aromatic rings. The number of carboxylic acid groups (broad SMARTS) is 2. The minimum Gasteiger partial charge on any atom is -0.481 e. The minimum absolute atomic E-state index is 0.588. The van der Waals surface area contributed by atoms with Crippen LogP contribution in [0, 0.1) is 11.3 Å². The molecule has 2 unspecified atom stereocenters. The Morgan fingerprint density at radius 2 is 1.67 bits per heavy atom. The van der Waals surface area contributed by atoms with E-state index in [2.05, 4.69) is 4.98 Å². The molecule has 2 N–H and O–H groups in total. The van der Waals surface area contributed by atoms with Gasteiger partial charge in [0.15, 0.2) is 4.34 Å². The summed E-state index contributed by atoms with van der Waals surface area (Å²) in [6, 6.07) is 16.9. The van der Waals surface area contributed by atoms with Gasteiger partial charge in [0, 0.05) is 0 Å². The summed E-state index contributed by atoms with van der Waals surface area (Å²) >= 11 is 2.79. The molecule has 0 saturated heterocycles. The highest BCUT2D eigenvalue weighted by atomic mass is 32.2. The van der Waals surface area contributed by atoms with Crippen molar-refractivity contribution in [2.24, 2.45) is 11.3 Å². The van der Waals surface area contributed by atoms with Crippen LogP contribution >= 0.6 is 23.1 Å². The standard InChI is InChI=1S/C20H19NO4S2/c1-20(2,18(24)25)15(17(22)23)16(12-8-4-3-5-9-12)27-19-21-13-10-6-7-11-14(13)26-19/h3-11,15-16H,1-2H3,(H,22,23)(H,24,25). The van der Waals surface area contributed by atoms with Crippen LogP contribution in [-0.4, -0.2) is 27.1 Å². The second-order valence-electron chi connectivity index (χ2n) is 6.74. The predicted molar refractivity (Wildman–Crippen MR) is 107 cm³/mol. The molecule has 0 fully saturated rings. The molecule has 0 radical (unpaired) electrons. The molecule has 0 aliphatic carbocycles. The molecule has 2 atom stereocenters. The molecule has 3 rings (SSSR count). The Bertz CT molecular complexity index is 935. The molecule has 1 aromatic heterocycles. The number of benzene rings is 2. The monoisotopic (exact) mass is 401 g/mol. The van der Waals surface area contributed by atoms with Crippen LogP contribution in [0.2, 0.25) is 0 Å². The number of fused-ring (bicyclic) bond motifs is 1. The molecule has 0 bridgehead atoms. The van der Waals surface area contributed by atoms with Gasteiger partial charge in [-0.1, -0.05) is 54.2 Å². The van der Waals surface area contributed by atoms with Gasteiger partial charge in [-0.25, -0.2) is 4.98 Å². The van der Waals surface area contributed by atoms with E-state index < -0.39 is 28.5 Å². The maximum Gasteiger partial charge on any atom is 0.310 e. The van der Waals surface area contributed by atoms with Gasteiger partial charge in [-0.3, -0.25) is 9.59 Å². The minimum atomic E-state index is -1.45. The number of nitrogens with zero attached hydrogens (tertiary/aromatic N) is 1. The van der Waals surface area contributed by atoms with Crippen LogP contribution in [0.1, 0.15) is 24.7 Å². The molecule has 0 aliphatic rings. The second-order valence-corrected chi connectivity index (χ2v) is 9.16. The normalized spacial score (nSPS) is 14.0. The average molecular weight is 402 g/mol. The maximum atomic E-state index is 12.1. The first kappa shape index (κ1) is 19.4. The molecule has 1 heterocycles. The summed E-state index contributed by atoms with van der Waals surface area (Å²) in [5, 5.41) is 19.0. The number of thioether (sulfide) groups is 1. The van der Waals surface area contributed by atoms with Crippen LogP contribution in [0.3, 0.4) is 0 Å². The zero-order chi connectivity index (χ0) is 19.6. The number of aliphatic carboxylic acids is 2. The van der Waals surface area contributed by atoms with Crippen molar-refractivity contribution < 1.29 is 19.8 Å². The lowest BCUT2D eigenvalue weighted by Gasteiger charge is -2.33. The average Bonchev–Trinajstić information content (AvgIpc) is 3.03. The van der Waals surface area contributed by atoms with Gasteiger partial charge in [0.1, 0.15) is 0 Å². The van der Waals surface area contributed by atoms with Crippen molar-refractivity contribution in [3.63, 3.8) is 0 Å². The van der Waals surface area contributed by atoms with Crippen molar-refractivity contribution in [3.05, 3.63) is 60.2 Å². The SMILES string of the molecule is CC(C)(C(=O)O)C(C(=O)O)C(Sc1nc2ccccc2s1)c1ccccc1. The van der Waals surface area contributed by atoms with E-state index in [4.69, 9.17) is 0 Å². The zero-order valence-electron chi connectivity index (χ0n) is 14.8. The molecule has 5 nitrogen and oxygen atoms in total. The summed E-state index contributed by atoms with van der Waals surface area (Å²) in [7, 11) is 0. The van der Waals surface area contributed by atoms with E-state index in [-0.39, 0.29) is 0 Å². The molecular formula is C20H19NO4S2. The second kappa shape index (κ2) is 7.70. The molecule has 0 spiro atoms. The van der Waals surface area contributed by atoms with Crippen LogP contribution in [-0.2, 0) is 9.59 Å². The van der Waals surface area contributed by atoms with Crippen molar-refractivity contribution in [3.8, 4) is 0 Å². The predicted octanol–water partition coefficient (Wildman–Crippen LogP) is 4.94. The Kier molecular flexibility index (Phi) is 5.53. The number of thiazole rings is 1. The first-order valence-corrected chi connectivity index (χ1v) is 10.0. The third-order valence-corrected chi connectivity index (χ3v) is 6.99. The summed E-state index contributed by atoms with van der Waals surface area (Å²) in [6.45, 7) is 2.92. The highest BCUT2D eigenvalue weighted by molar-refractivity contribution is 8.01. The summed E-state index contributed by atoms with van der Waals surface area (Å²) in [6.07, 6.45) is 0. The smallest absolute Gasteiger partial charge is 0.310 e. The first-order valence-electron chi connectivity index (χ1n) is 8.34. The van der Waals surface area contributed by atoms with E-state index in [1.54, 1.807) is 0 Å². The van der Waals surface area contributed by atoms with E-state index in [0.717, 1.165) is 20.1 Å². The summed E-state index contributed by atoms with van der Waals surface area (Å²) in [5.74, 6) is -3.40. The Hall–Kier alpha value is -2.38. The van der Waals surface area contributed by atoms with Crippen LogP contribution in [0.25, 0.3) is 10.2 Å². The van der Waals surface area contributed by atoms with Gasteiger partial charge < -0.3 is 10.2 Å². The highest BCUT2D eigenvalue weighted by Crippen LogP contribution is 2.49. The van der Waals surface area contributed by atoms with Crippen LogP contribution in [0.4, 0.5) is 0 Å². The molecular weight excluding hydrogens is 382 g/mol. The molecule has 0 amide bonds. The number of para-hydroxylation sites is 1. The van der Waals surface area contributed by atoms with Crippen molar-refractivity contribution in [1.82, 2.24) is 4.98 Å². The third-order valence-electron chi connectivity index (χ3n) is 4.53. The lowest BCUT2D eigenvalue weighted by Crippen LogP contribution is -2.40. The highest BCUT2D eigenvalue weighted by Gasteiger charge is 2.47. The molecule has 0 aliphatic heterocycles. The van der Waals surface area contributed by atoms with Crippen LogP contribution in [0.5, 0.6) is 0 Å². The number of carbonyl (C=O) groups is 2. The van der Waals surface area contributed by atoms with E-state index >= 15 is 0 Å². The van der Waals surface area contributed by atoms with Crippen molar-refractivity contribution in [1.29, 1.82) is 0 Å². The summed E-state index contributed by atoms with van der Waals surface area (Å²) in [4.78, 5) is 28.5. The fourth-order valence-corrected chi connectivity index (χ4v) is 5.65. The van der Waals surface area contributed by atoms with Gasteiger partial charge in [-0.05, 0) is 31.5 Å². The largest absolute Gasteiger partial charge is 0.481 e. The molecule has 0 saturated carbocycles. The molecule has 27 heavy (non-hydrogen) atoms. The van der Waals surface area contributed by atoms with E-state index in [0.29, 0.717) is 0 Å². The molecule has 2 aromatic carbocycles. The van der Waals surface area contributed by atoms with Crippen molar-refractivity contribution in [2.75, 3.05) is 0 Å². The Morgan fingerprint density at radius 1 is 1.04 bits per heavy atom. The summed E-state index contributed by atoms with van der Waals surface area (Å²) < 4.78 is 1.73. The van der Waals surface area contributed by atoms with Gasteiger partial charge in [0.2, 0.25) is 0 Å². The zero-order valence-corrected chi connectivity index (χ0v) is 16.5. The number of aromatic nitrogens is 1. The van der Waals surface area contributed by atoms with E-state index in [1.165, 1.54) is 36.9 Å².